The molecule has 0 radical (unpaired) electrons. The smallest absolute Gasteiger partial charge is 0.313 e. The van der Waals surface area contributed by atoms with Gasteiger partial charge in [0.2, 0.25) is 0 Å². The van der Waals surface area contributed by atoms with Crippen LogP contribution in [0.4, 0.5) is 0 Å². The molecule has 86 valence electrons. The van der Waals surface area contributed by atoms with Crippen molar-refractivity contribution < 1.29 is 14.3 Å². The Kier molecular flexibility index (Phi) is 4.71. The van der Waals surface area contributed by atoms with E-state index in [0.29, 0.717) is 0 Å². The molecular weight excluding hydrogens is 253 g/mol. The second kappa shape index (κ2) is 5.82. The van der Waals surface area contributed by atoms with Crippen molar-refractivity contribution in [3.63, 3.8) is 0 Å². The summed E-state index contributed by atoms with van der Waals surface area (Å²) in [6.45, 7) is 1.90. The molecule has 0 spiro atoms. The minimum atomic E-state index is -0.587. The van der Waals surface area contributed by atoms with Crippen LogP contribution < -0.4 is 0 Å². The molecule has 4 nitrogen and oxygen atoms in total. The molecule has 0 aromatic carbocycles. The quantitative estimate of drug-likeness (QED) is 0.362. The largest absolute Gasteiger partial charge is 0.466 e. The van der Waals surface area contributed by atoms with E-state index in [4.69, 9.17) is 23.2 Å². The standard InChI is InChI=1S/C10H9Cl2NO3/c1-2-16-8(15)5-7(14)6-3-4-13-10(12)9(6)11/h3-4H,2,5H2,1H3. The molecule has 1 aromatic heterocycles. The van der Waals surface area contributed by atoms with Gasteiger partial charge in [0.05, 0.1) is 11.6 Å². The number of ketones is 1. The van der Waals surface area contributed by atoms with Crippen molar-refractivity contribution in [2.24, 2.45) is 0 Å². The fourth-order valence-electron chi connectivity index (χ4n) is 1.07. The van der Waals surface area contributed by atoms with Gasteiger partial charge in [0, 0.05) is 11.8 Å². The van der Waals surface area contributed by atoms with E-state index in [9.17, 15) is 9.59 Å². The van der Waals surface area contributed by atoms with Crippen LogP contribution in [0.3, 0.4) is 0 Å². The molecule has 0 amide bonds. The zero-order valence-electron chi connectivity index (χ0n) is 8.50. The van der Waals surface area contributed by atoms with Crippen molar-refractivity contribution >= 4 is 35.0 Å². The van der Waals surface area contributed by atoms with E-state index in [1.165, 1.54) is 12.3 Å². The van der Waals surface area contributed by atoms with Crippen molar-refractivity contribution in [1.82, 2.24) is 4.98 Å². The molecule has 1 rings (SSSR count). The molecule has 0 aliphatic carbocycles. The molecule has 6 heteroatoms. The number of pyridine rings is 1. The van der Waals surface area contributed by atoms with Crippen molar-refractivity contribution in [1.29, 1.82) is 0 Å². The van der Waals surface area contributed by atoms with Gasteiger partial charge in [-0.25, -0.2) is 4.98 Å². The van der Waals surface area contributed by atoms with Crippen LogP contribution in [-0.2, 0) is 9.53 Å². The van der Waals surface area contributed by atoms with E-state index >= 15 is 0 Å². The first-order valence-electron chi connectivity index (χ1n) is 4.55. The number of ether oxygens (including phenoxy) is 1. The van der Waals surface area contributed by atoms with Gasteiger partial charge in [-0.2, -0.15) is 0 Å². The van der Waals surface area contributed by atoms with Gasteiger partial charge in [0.1, 0.15) is 11.6 Å². The molecule has 0 atom stereocenters. The Morgan fingerprint density at radius 1 is 1.44 bits per heavy atom. The number of nitrogens with zero attached hydrogens (tertiary/aromatic N) is 1. The van der Waals surface area contributed by atoms with E-state index in [1.807, 2.05) is 0 Å². The number of esters is 1. The van der Waals surface area contributed by atoms with Crippen molar-refractivity contribution in [2.45, 2.75) is 13.3 Å². The van der Waals surface area contributed by atoms with Crippen molar-refractivity contribution in [2.75, 3.05) is 6.61 Å². The van der Waals surface area contributed by atoms with Crippen LogP contribution in [-0.4, -0.2) is 23.3 Å². The third kappa shape index (κ3) is 3.18. The molecule has 0 aliphatic rings. The summed E-state index contributed by atoms with van der Waals surface area (Å²) in [4.78, 5) is 26.4. The zero-order chi connectivity index (χ0) is 12.1. The van der Waals surface area contributed by atoms with E-state index < -0.39 is 11.8 Å². The SMILES string of the molecule is CCOC(=O)CC(=O)c1ccnc(Cl)c1Cl. The molecule has 0 N–H and O–H groups in total. The first kappa shape index (κ1) is 12.9. The number of hydrogen-bond donors (Lipinski definition) is 0. The molecule has 0 saturated heterocycles. The molecule has 1 heterocycles. The summed E-state index contributed by atoms with van der Waals surface area (Å²) in [6.07, 6.45) is 1.00. The van der Waals surface area contributed by atoms with Gasteiger partial charge in [0.15, 0.2) is 5.78 Å². The highest BCUT2D eigenvalue weighted by atomic mass is 35.5. The van der Waals surface area contributed by atoms with Gasteiger partial charge in [-0.3, -0.25) is 9.59 Å². The predicted molar refractivity (Wildman–Crippen MR) is 59.8 cm³/mol. The molecule has 0 fully saturated rings. The van der Waals surface area contributed by atoms with Gasteiger partial charge in [-0.05, 0) is 13.0 Å². The Morgan fingerprint density at radius 2 is 2.12 bits per heavy atom. The second-order valence-corrected chi connectivity index (χ2v) is 3.60. The van der Waals surface area contributed by atoms with Crippen molar-refractivity contribution in [3.05, 3.63) is 28.0 Å². The number of Topliss-reactive ketones (excluding diaryl/α,β-unsaturated/α-hetero) is 1. The monoisotopic (exact) mass is 261 g/mol. The average Bonchev–Trinajstić information content (AvgIpc) is 2.22. The van der Waals surface area contributed by atoms with E-state index in [-0.39, 0.29) is 28.8 Å². The Labute approximate surface area is 103 Å². The zero-order valence-corrected chi connectivity index (χ0v) is 10.0. The summed E-state index contributed by atoms with van der Waals surface area (Å²) in [6, 6.07) is 1.41. The fourth-order valence-corrected chi connectivity index (χ4v) is 1.45. The van der Waals surface area contributed by atoms with Crippen LogP contribution in [0, 0.1) is 0 Å². The Hall–Kier alpha value is -1.13. The lowest BCUT2D eigenvalue weighted by Crippen LogP contribution is -2.12. The molecule has 0 unspecified atom stereocenters. The van der Waals surface area contributed by atoms with Gasteiger partial charge < -0.3 is 4.74 Å². The van der Waals surface area contributed by atoms with E-state index in [2.05, 4.69) is 9.72 Å². The molecule has 0 bridgehead atoms. The Bertz CT molecular complexity index is 421. The lowest BCUT2D eigenvalue weighted by Gasteiger charge is -2.04. The summed E-state index contributed by atoms with van der Waals surface area (Å²) in [5.74, 6) is -1.02. The highest BCUT2D eigenvalue weighted by Crippen LogP contribution is 2.24. The Balaban J connectivity index is 2.81. The topological polar surface area (TPSA) is 56.3 Å². The molecule has 0 aliphatic heterocycles. The van der Waals surface area contributed by atoms with Crippen LogP contribution in [0.5, 0.6) is 0 Å². The number of aromatic nitrogens is 1. The summed E-state index contributed by atoms with van der Waals surface area (Å²) in [7, 11) is 0. The molecular formula is C10H9Cl2NO3. The van der Waals surface area contributed by atoms with E-state index in [1.54, 1.807) is 6.92 Å². The molecule has 16 heavy (non-hydrogen) atoms. The predicted octanol–water partition coefficient (Wildman–Crippen LogP) is 2.52. The maximum atomic E-state index is 11.6. The summed E-state index contributed by atoms with van der Waals surface area (Å²) in [5.41, 5.74) is 0.176. The second-order valence-electron chi connectivity index (χ2n) is 2.87. The first-order valence-corrected chi connectivity index (χ1v) is 5.30. The fraction of sp³-hybridized carbons (Fsp3) is 0.300. The van der Waals surface area contributed by atoms with Crippen molar-refractivity contribution in [3.8, 4) is 0 Å². The maximum Gasteiger partial charge on any atom is 0.313 e. The van der Waals surface area contributed by atoms with Gasteiger partial charge >= 0.3 is 5.97 Å². The van der Waals surface area contributed by atoms with Gasteiger partial charge in [-0.1, -0.05) is 23.2 Å². The number of carbonyl (C=O) groups is 2. The van der Waals surface area contributed by atoms with Crippen LogP contribution in [0.1, 0.15) is 23.7 Å². The van der Waals surface area contributed by atoms with Crippen LogP contribution in [0.15, 0.2) is 12.3 Å². The Morgan fingerprint density at radius 3 is 2.75 bits per heavy atom. The van der Waals surface area contributed by atoms with Crippen LogP contribution in [0.25, 0.3) is 0 Å². The number of hydrogen-bond acceptors (Lipinski definition) is 4. The number of halogens is 2. The summed E-state index contributed by atoms with van der Waals surface area (Å²) in [5, 5.41) is 0.0924. The van der Waals surface area contributed by atoms with E-state index in [0.717, 1.165) is 0 Å². The highest BCUT2D eigenvalue weighted by molar-refractivity contribution is 6.43. The maximum absolute atomic E-state index is 11.6. The number of rotatable bonds is 4. The average molecular weight is 262 g/mol. The normalized spacial score (nSPS) is 9.94. The van der Waals surface area contributed by atoms with Gasteiger partial charge in [0.25, 0.3) is 0 Å². The first-order chi connectivity index (χ1) is 7.56. The molecule has 1 aromatic rings. The third-order valence-electron chi connectivity index (χ3n) is 1.76. The van der Waals surface area contributed by atoms with Crippen LogP contribution in [0.2, 0.25) is 10.2 Å². The summed E-state index contributed by atoms with van der Waals surface area (Å²) >= 11 is 11.4. The number of carbonyl (C=O) groups excluding carboxylic acids is 2. The lowest BCUT2D eigenvalue weighted by molar-refractivity contribution is -0.141. The molecule has 0 saturated carbocycles. The minimum absolute atomic E-state index is 0.0383. The minimum Gasteiger partial charge on any atom is -0.466 e. The van der Waals surface area contributed by atoms with Gasteiger partial charge in [-0.15, -0.1) is 0 Å². The highest BCUT2D eigenvalue weighted by Gasteiger charge is 2.17. The van der Waals surface area contributed by atoms with Crippen LogP contribution >= 0.6 is 23.2 Å². The summed E-state index contributed by atoms with van der Waals surface area (Å²) < 4.78 is 4.65. The lowest BCUT2D eigenvalue weighted by atomic mass is 10.1. The third-order valence-corrected chi connectivity index (χ3v) is 2.52.